The van der Waals surface area contributed by atoms with Gasteiger partial charge in [-0.15, -0.1) is 0 Å². The minimum Gasteiger partial charge on any atom is -0.338 e. The quantitative estimate of drug-likeness (QED) is 0.657. The molecule has 0 saturated heterocycles. The first-order valence-corrected chi connectivity index (χ1v) is 5.27. The summed E-state index contributed by atoms with van der Waals surface area (Å²) in [4.78, 5) is 13.9. The Morgan fingerprint density at radius 2 is 1.62 bits per heavy atom. The average molecular weight is 183 g/mol. The van der Waals surface area contributed by atoms with Crippen molar-refractivity contribution in [2.75, 3.05) is 0 Å². The van der Waals surface area contributed by atoms with Gasteiger partial charge in [-0.2, -0.15) is 0 Å². The van der Waals surface area contributed by atoms with Crippen LogP contribution in [0.1, 0.15) is 41.0 Å². The lowest BCUT2D eigenvalue weighted by molar-refractivity contribution is -0.136. The molecule has 2 heteroatoms. The van der Waals surface area contributed by atoms with Crippen molar-refractivity contribution in [1.82, 2.24) is 4.90 Å². The van der Waals surface area contributed by atoms with Crippen molar-refractivity contribution in [2.24, 2.45) is 11.8 Å². The molecule has 0 aromatic rings. The van der Waals surface area contributed by atoms with Gasteiger partial charge in [0.2, 0.25) is 5.91 Å². The molecule has 0 bridgehead atoms. The lowest BCUT2D eigenvalue weighted by Gasteiger charge is -2.31. The Morgan fingerprint density at radius 1 is 1.23 bits per heavy atom. The van der Waals surface area contributed by atoms with Crippen LogP contribution in [0.3, 0.4) is 0 Å². The highest BCUT2D eigenvalue weighted by Crippen LogP contribution is 2.39. The van der Waals surface area contributed by atoms with Crippen molar-refractivity contribution < 1.29 is 4.79 Å². The van der Waals surface area contributed by atoms with Crippen LogP contribution in [0.4, 0.5) is 0 Å². The Balaban J connectivity index is 2.60. The smallest absolute Gasteiger partial charge is 0.226 e. The molecule has 0 N–H and O–H groups in total. The second kappa shape index (κ2) is 3.69. The minimum absolute atomic E-state index is 0.324. The minimum atomic E-state index is 0.324. The van der Waals surface area contributed by atoms with Crippen molar-refractivity contribution in [1.29, 1.82) is 0 Å². The molecule has 13 heavy (non-hydrogen) atoms. The van der Waals surface area contributed by atoms with Crippen LogP contribution in [0.15, 0.2) is 0 Å². The lowest BCUT2D eigenvalue weighted by atomic mass is 10.2. The summed E-state index contributed by atoms with van der Waals surface area (Å²) in [6.07, 6.45) is 1.09. The first-order chi connectivity index (χ1) is 5.95. The van der Waals surface area contributed by atoms with Crippen LogP contribution in [0, 0.1) is 11.8 Å². The molecule has 1 aliphatic carbocycles. The molecule has 76 valence electrons. The van der Waals surface area contributed by atoms with Crippen LogP contribution in [-0.4, -0.2) is 22.9 Å². The first kappa shape index (κ1) is 10.6. The highest BCUT2D eigenvalue weighted by molar-refractivity contribution is 5.82. The predicted molar refractivity (Wildman–Crippen MR) is 54.4 cm³/mol. The first-order valence-electron chi connectivity index (χ1n) is 5.27. The van der Waals surface area contributed by atoms with Crippen LogP contribution >= 0.6 is 0 Å². The maximum atomic E-state index is 11.9. The summed E-state index contributed by atoms with van der Waals surface area (Å²) in [5, 5.41) is 0. The standard InChI is InChI=1S/C11H21NO/c1-7(2)12(8(3)4)11(13)10-6-9(10)5/h7-10H,6H2,1-5H3/t9-,10+/m1/s1. The number of hydrogen-bond donors (Lipinski definition) is 0. The van der Waals surface area contributed by atoms with Crippen molar-refractivity contribution in [3.63, 3.8) is 0 Å². The SMILES string of the molecule is CC(C)N(C(=O)[C@H]1C[C@H]1C)C(C)C. The van der Waals surface area contributed by atoms with Gasteiger partial charge in [-0.1, -0.05) is 6.92 Å². The van der Waals surface area contributed by atoms with Gasteiger partial charge < -0.3 is 4.90 Å². The average Bonchev–Trinajstić information content (AvgIpc) is 2.64. The fraction of sp³-hybridized carbons (Fsp3) is 0.909. The largest absolute Gasteiger partial charge is 0.338 e. The highest BCUT2D eigenvalue weighted by Gasteiger charge is 2.42. The van der Waals surface area contributed by atoms with E-state index in [1.165, 1.54) is 0 Å². The Hall–Kier alpha value is -0.530. The van der Waals surface area contributed by atoms with E-state index in [9.17, 15) is 4.79 Å². The molecule has 2 atom stereocenters. The third-order valence-corrected chi connectivity index (χ3v) is 2.79. The molecule has 0 aromatic heterocycles. The van der Waals surface area contributed by atoms with E-state index in [0.29, 0.717) is 29.8 Å². The zero-order chi connectivity index (χ0) is 10.2. The van der Waals surface area contributed by atoms with Crippen LogP contribution in [0.2, 0.25) is 0 Å². The molecule has 1 saturated carbocycles. The molecule has 0 spiro atoms. The Bertz CT molecular complexity index is 190. The van der Waals surface area contributed by atoms with Gasteiger partial charge in [-0.25, -0.2) is 0 Å². The number of carbonyl (C=O) groups excluding carboxylic acids is 1. The lowest BCUT2D eigenvalue weighted by Crippen LogP contribution is -2.43. The maximum Gasteiger partial charge on any atom is 0.226 e. The third-order valence-electron chi connectivity index (χ3n) is 2.79. The van der Waals surface area contributed by atoms with Crippen LogP contribution < -0.4 is 0 Å². The molecule has 0 aromatic carbocycles. The van der Waals surface area contributed by atoms with E-state index in [4.69, 9.17) is 0 Å². The molecule has 1 aliphatic rings. The van der Waals surface area contributed by atoms with E-state index in [1.54, 1.807) is 0 Å². The molecule has 0 heterocycles. The Morgan fingerprint density at radius 3 is 1.85 bits per heavy atom. The summed E-state index contributed by atoms with van der Waals surface area (Å²) in [5.41, 5.74) is 0. The molecule has 1 amide bonds. The molecule has 0 radical (unpaired) electrons. The molecule has 0 unspecified atom stereocenters. The summed E-state index contributed by atoms with van der Waals surface area (Å²) < 4.78 is 0. The summed E-state index contributed by atoms with van der Waals surface area (Å²) >= 11 is 0. The van der Waals surface area contributed by atoms with Gasteiger partial charge >= 0.3 is 0 Å². The number of nitrogens with zero attached hydrogens (tertiary/aromatic N) is 1. The van der Waals surface area contributed by atoms with E-state index < -0.39 is 0 Å². The van der Waals surface area contributed by atoms with Gasteiger partial charge in [0.25, 0.3) is 0 Å². The predicted octanol–water partition coefficient (Wildman–Crippen LogP) is 2.29. The Kier molecular flexibility index (Phi) is 2.99. The third kappa shape index (κ3) is 2.23. The van der Waals surface area contributed by atoms with E-state index >= 15 is 0 Å². The van der Waals surface area contributed by atoms with E-state index in [0.717, 1.165) is 6.42 Å². The number of amides is 1. The number of carbonyl (C=O) groups is 1. The van der Waals surface area contributed by atoms with Crippen molar-refractivity contribution in [3.8, 4) is 0 Å². The normalized spacial score (nSPS) is 26.7. The van der Waals surface area contributed by atoms with Gasteiger partial charge in [0.1, 0.15) is 0 Å². The van der Waals surface area contributed by atoms with E-state index in [-0.39, 0.29) is 0 Å². The van der Waals surface area contributed by atoms with Gasteiger partial charge in [0.05, 0.1) is 0 Å². The second-order valence-electron chi connectivity index (χ2n) is 4.75. The van der Waals surface area contributed by atoms with Crippen LogP contribution in [0.25, 0.3) is 0 Å². The number of hydrogen-bond acceptors (Lipinski definition) is 1. The maximum absolute atomic E-state index is 11.9. The van der Waals surface area contributed by atoms with E-state index in [2.05, 4.69) is 34.6 Å². The summed E-state index contributed by atoms with van der Waals surface area (Å²) in [6, 6.07) is 0.667. The fourth-order valence-electron chi connectivity index (χ4n) is 1.96. The fourth-order valence-corrected chi connectivity index (χ4v) is 1.96. The zero-order valence-electron chi connectivity index (χ0n) is 9.37. The number of rotatable bonds is 3. The van der Waals surface area contributed by atoms with Crippen molar-refractivity contribution in [2.45, 2.75) is 53.1 Å². The van der Waals surface area contributed by atoms with Crippen molar-refractivity contribution in [3.05, 3.63) is 0 Å². The second-order valence-corrected chi connectivity index (χ2v) is 4.75. The van der Waals surface area contributed by atoms with E-state index in [1.807, 2.05) is 4.90 Å². The molecular weight excluding hydrogens is 162 g/mol. The molecule has 2 nitrogen and oxygen atoms in total. The zero-order valence-corrected chi connectivity index (χ0v) is 9.37. The summed E-state index contributed by atoms with van der Waals surface area (Å²) in [6.45, 7) is 10.5. The molecule has 0 aliphatic heterocycles. The molecule has 1 rings (SSSR count). The molecule has 1 fully saturated rings. The van der Waals surface area contributed by atoms with Crippen LogP contribution in [-0.2, 0) is 4.79 Å². The van der Waals surface area contributed by atoms with Crippen molar-refractivity contribution >= 4 is 5.91 Å². The van der Waals surface area contributed by atoms with Crippen LogP contribution in [0.5, 0.6) is 0 Å². The monoisotopic (exact) mass is 183 g/mol. The summed E-state index contributed by atoms with van der Waals surface area (Å²) in [7, 11) is 0. The molecular formula is C11H21NO. The highest BCUT2D eigenvalue weighted by atomic mass is 16.2. The van der Waals surface area contributed by atoms with Gasteiger partial charge in [-0.05, 0) is 40.0 Å². The summed E-state index contributed by atoms with van der Waals surface area (Å²) in [5.74, 6) is 1.30. The van der Waals surface area contributed by atoms with Gasteiger partial charge in [0.15, 0.2) is 0 Å². The topological polar surface area (TPSA) is 20.3 Å². The van der Waals surface area contributed by atoms with Gasteiger partial charge in [-0.3, -0.25) is 4.79 Å². The van der Waals surface area contributed by atoms with Gasteiger partial charge in [0, 0.05) is 18.0 Å². The Labute approximate surface area is 81.3 Å².